The van der Waals surface area contributed by atoms with Gasteiger partial charge < -0.3 is 15.8 Å². The molecule has 3 aromatic rings. The standard InChI is InChI=1S/C23H21ClN6O2/c1-14-5-4-6-17(24)20(14)30-13-15-12-26-22-27-16-7-8-18(25)19(11-16)32-10-3-2-9-29(23(30)31)21(15)28-22/h2-8,11-12H,9-10,13,25H2,1H3,(H,26,27,28)/b3-2+. The van der Waals surface area contributed by atoms with Crippen LogP contribution in [0.15, 0.2) is 54.7 Å². The van der Waals surface area contributed by atoms with Crippen molar-refractivity contribution in [3.8, 4) is 5.75 Å². The Morgan fingerprint density at radius 1 is 1.19 bits per heavy atom. The van der Waals surface area contributed by atoms with E-state index in [0.29, 0.717) is 53.6 Å². The van der Waals surface area contributed by atoms with Crippen molar-refractivity contribution < 1.29 is 9.53 Å². The zero-order valence-electron chi connectivity index (χ0n) is 17.4. The van der Waals surface area contributed by atoms with Crippen molar-refractivity contribution in [1.82, 2.24) is 9.97 Å². The Bertz CT molecular complexity index is 1220. The molecule has 0 unspecified atom stereocenters. The summed E-state index contributed by atoms with van der Waals surface area (Å²) in [7, 11) is 0. The molecule has 1 aromatic heterocycles. The number of halogens is 1. The lowest BCUT2D eigenvalue weighted by Gasteiger charge is -2.36. The molecule has 5 rings (SSSR count). The average Bonchev–Trinajstić information content (AvgIpc) is 2.78. The van der Waals surface area contributed by atoms with Crippen LogP contribution in [0.2, 0.25) is 5.02 Å². The summed E-state index contributed by atoms with van der Waals surface area (Å²) in [6.07, 6.45) is 5.46. The van der Waals surface area contributed by atoms with Crippen LogP contribution in [0, 0.1) is 6.92 Å². The molecule has 0 spiro atoms. The minimum Gasteiger partial charge on any atom is -0.487 e. The molecular weight excluding hydrogens is 428 g/mol. The van der Waals surface area contributed by atoms with E-state index in [2.05, 4.69) is 15.3 Å². The number of carbonyl (C=O) groups excluding carboxylic acids is 1. The molecule has 3 N–H and O–H groups in total. The van der Waals surface area contributed by atoms with E-state index in [-0.39, 0.29) is 6.03 Å². The van der Waals surface area contributed by atoms with Crippen molar-refractivity contribution in [2.75, 3.05) is 34.0 Å². The van der Waals surface area contributed by atoms with Crippen molar-refractivity contribution in [2.45, 2.75) is 13.5 Å². The molecule has 162 valence electrons. The molecule has 0 fully saturated rings. The van der Waals surface area contributed by atoms with Crippen LogP contribution in [0.25, 0.3) is 0 Å². The van der Waals surface area contributed by atoms with Crippen LogP contribution >= 0.6 is 11.6 Å². The van der Waals surface area contributed by atoms with Gasteiger partial charge in [-0.3, -0.25) is 9.80 Å². The first-order valence-electron chi connectivity index (χ1n) is 10.2. The molecule has 9 heteroatoms. The van der Waals surface area contributed by atoms with Gasteiger partial charge >= 0.3 is 6.03 Å². The molecule has 2 aliphatic heterocycles. The van der Waals surface area contributed by atoms with Gasteiger partial charge in [0.25, 0.3) is 0 Å². The van der Waals surface area contributed by atoms with Gasteiger partial charge in [-0.2, -0.15) is 4.98 Å². The number of urea groups is 1. The van der Waals surface area contributed by atoms with Crippen molar-refractivity contribution in [1.29, 1.82) is 0 Å². The van der Waals surface area contributed by atoms with E-state index < -0.39 is 0 Å². The summed E-state index contributed by atoms with van der Waals surface area (Å²) in [5.41, 5.74) is 9.72. The number of para-hydroxylation sites is 1. The second kappa shape index (κ2) is 8.05. The average molecular weight is 449 g/mol. The second-order valence-electron chi connectivity index (χ2n) is 7.59. The number of nitrogens with one attached hydrogen (secondary N) is 1. The molecular formula is C23H21ClN6O2. The normalized spacial score (nSPS) is 16.2. The predicted octanol–water partition coefficient (Wildman–Crippen LogP) is 4.66. The molecule has 0 saturated heterocycles. The first-order chi connectivity index (χ1) is 15.5. The van der Waals surface area contributed by atoms with E-state index in [1.807, 2.05) is 37.3 Å². The highest BCUT2D eigenvalue weighted by Crippen LogP contribution is 2.37. The number of benzene rings is 2. The molecule has 8 nitrogen and oxygen atoms in total. The topological polar surface area (TPSA) is 96.6 Å². The summed E-state index contributed by atoms with van der Waals surface area (Å²) in [6, 6.07) is 10.8. The summed E-state index contributed by atoms with van der Waals surface area (Å²) in [5, 5.41) is 3.69. The number of nitrogens with two attached hydrogens (primary N) is 1. The summed E-state index contributed by atoms with van der Waals surface area (Å²) in [6.45, 7) is 2.90. The van der Waals surface area contributed by atoms with Gasteiger partial charge in [0.15, 0.2) is 0 Å². The lowest BCUT2D eigenvalue weighted by Crippen LogP contribution is -2.48. The quantitative estimate of drug-likeness (QED) is 0.415. The molecule has 2 aliphatic rings. The third-order valence-electron chi connectivity index (χ3n) is 5.41. The Balaban J connectivity index is 1.58. The maximum atomic E-state index is 13.6. The molecule has 4 bridgehead atoms. The van der Waals surface area contributed by atoms with E-state index >= 15 is 0 Å². The highest BCUT2D eigenvalue weighted by molar-refractivity contribution is 6.34. The summed E-state index contributed by atoms with van der Waals surface area (Å²) < 4.78 is 5.78. The van der Waals surface area contributed by atoms with Crippen LogP contribution in [-0.4, -0.2) is 29.2 Å². The fourth-order valence-corrected chi connectivity index (χ4v) is 4.16. The van der Waals surface area contributed by atoms with Gasteiger partial charge in [-0.25, -0.2) is 9.78 Å². The molecule has 2 aromatic carbocycles. The number of aromatic nitrogens is 2. The number of hydrogen-bond donors (Lipinski definition) is 2. The van der Waals surface area contributed by atoms with Crippen LogP contribution < -0.4 is 25.6 Å². The van der Waals surface area contributed by atoms with Crippen molar-refractivity contribution in [3.63, 3.8) is 0 Å². The van der Waals surface area contributed by atoms with Gasteiger partial charge in [0, 0.05) is 30.1 Å². The van der Waals surface area contributed by atoms with Gasteiger partial charge in [-0.1, -0.05) is 29.8 Å². The lowest BCUT2D eigenvalue weighted by molar-refractivity contribution is 0.250. The monoisotopic (exact) mass is 448 g/mol. The Kier molecular flexibility index (Phi) is 5.07. The molecule has 32 heavy (non-hydrogen) atoms. The third kappa shape index (κ3) is 3.58. The Morgan fingerprint density at radius 2 is 2.06 bits per heavy atom. The van der Waals surface area contributed by atoms with Crippen LogP contribution in [0.1, 0.15) is 11.1 Å². The molecule has 2 amide bonds. The molecule has 0 atom stereocenters. The number of hydrogen-bond acceptors (Lipinski definition) is 6. The highest BCUT2D eigenvalue weighted by Gasteiger charge is 2.34. The number of rotatable bonds is 1. The smallest absolute Gasteiger partial charge is 0.330 e. The Morgan fingerprint density at radius 3 is 2.91 bits per heavy atom. The van der Waals surface area contributed by atoms with Crippen molar-refractivity contribution in [2.24, 2.45) is 0 Å². The first kappa shape index (κ1) is 20.1. The number of carbonyl (C=O) groups is 1. The number of amides is 2. The van der Waals surface area contributed by atoms with Gasteiger partial charge in [-0.15, -0.1) is 0 Å². The van der Waals surface area contributed by atoms with E-state index in [9.17, 15) is 4.79 Å². The van der Waals surface area contributed by atoms with Crippen molar-refractivity contribution in [3.05, 3.63) is 70.9 Å². The predicted molar refractivity (Wildman–Crippen MR) is 126 cm³/mol. The minimum atomic E-state index is -0.205. The highest BCUT2D eigenvalue weighted by atomic mass is 35.5. The number of anilines is 5. The summed E-state index contributed by atoms with van der Waals surface area (Å²) >= 11 is 6.47. The van der Waals surface area contributed by atoms with Crippen LogP contribution in [0.3, 0.4) is 0 Å². The zero-order valence-corrected chi connectivity index (χ0v) is 18.1. The molecule has 0 saturated carbocycles. The van der Waals surface area contributed by atoms with E-state index in [1.54, 1.807) is 34.2 Å². The Labute approximate surface area is 190 Å². The fourth-order valence-electron chi connectivity index (χ4n) is 3.83. The lowest BCUT2D eigenvalue weighted by atomic mass is 10.1. The number of nitrogens with zero attached hydrogens (tertiary/aromatic N) is 4. The molecule has 3 heterocycles. The van der Waals surface area contributed by atoms with E-state index in [0.717, 1.165) is 16.8 Å². The van der Waals surface area contributed by atoms with Crippen molar-refractivity contribution >= 4 is 46.5 Å². The first-order valence-corrected chi connectivity index (χ1v) is 10.5. The summed E-state index contributed by atoms with van der Waals surface area (Å²) in [5.74, 6) is 1.50. The van der Waals surface area contributed by atoms with E-state index in [4.69, 9.17) is 22.1 Å². The maximum absolute atomic E-state index is 13.6. The SMILES string of the molecule is Cc1cccc(Cl)c1N1Cc2cnc3nc2N(C/C=C/COc2cc(ccc2N)N3)C1=O. The number of nitrogen functional groups attached to an aromatic ring is 1. The number of ether oxygens (including phenoxy) is 1. The third-order valence-corrected chi connectivity index (χ3v) is 5.71. The fraction of sp³-hybridized carbons (Fsp3) is 0.174. The largest absolute Gasteiger partial charge is 0.487 e. The van der Waals surface area contributed by atoms with Gasteiger partial charge in [0.1, 0.15) is 18.2 Å². The van der Waals surface area contributed by atoms with Crippen LogP contribution in [0.4, 0.5) is 33.6 Å². The van der Waals surface area contributed by atoms with Crippen LogP contribution in [0.5, 0.6) is 5.75 Å². The Hall–Kier alpha value is -3.78. The maximum Gasteiger partial charge on any atom is 0.330 e. The van der Waals surface area contributed by atoms with Gasteiger partial charge in [0.05, 0.1) is 22.9 Å². The molecule has 0 aliphatic carbocycles. The van der Waals surface area contributed by atoms with E-state index in [1.165, 1.54) is 0 Å². The zero-order chi connectivity index (χ0) is 22.2. The van der Waals surface area contributed by atoms with Crippen LogP contribution in [-0.2, 0) is 6.54 Å². The number of fused-ring (bicyclic) bond motifs is 3. The minimum absolute atomic E-state index is 0.205. The van der Waals surface area contributed by atoms with Gasteiger partial charge in [0.2, 0.25) is 5.95 Å². The molecule has 0 radical (unpaired) electrons. The second-order valence-corrected chi connectivity index (χ2v) is 7.99. The summed E-state index contributed by atoms with van der Waals surface area (Å²) in [4.78, 5) is 26.0. The van der Waals surface area contributed by atoms with Gasteiger partial charge in [-0.05, 0) is 36.8 Å². The number of aryl methyl sites for hydroxylation is 1.